The Morgan fingerprint density at radius 1 is 1.31 bits per heavy atom. The predicted octanol–water partition coefficient (Wildman–Crippen LogP) is 2.06. The first-order valence-electron chi connectivity index (χ1n) is 9.20. The largest absolute Gasteiger partial charge is 0.350 e. The van der Waals surface area contributed by atoms with E-state index in [0.29, 0.717) is 19.5 Å². The van der Waals surface area contributed by atoms with Crippen molar-refractivity contribution in [1.29, 1.82) is 0 Å². The molecule has 1 aliphatic heterocycles. The molecular weight excluding hydrogens is 330 g/mol. The van der Waals surface area contributed by atoms with Crippen molar-refractivity contribution in [1.82, 2.24) is 24.8 Å². The quantitative estimate of drug-likeness (QED) is 0.860. The van der Waals surface area contributed by atoms with Crippen LogP contribution in [0.4, 0.5) is 0 Å². The number of carbonyl (C=O) groups excluding carboxylic acids is 2. The Bertz CT molecular complexity index is 744. The van der Waals surface area contributed by atoms with Crippen LogP contribution in [0.25, 0.3) is 5.82 Å². The summed E-state index contributed by atoms with van der Waals surface area (Å²) in [6, 6.07) is 3.42. The Kier molecular flexibility index (Phi) is 5.99. The average molecular weight is 355 g/mol. The van der Waals surface area contributed by atoms with Crippen LogP contribution < -0.4 is 5.32 Å². The van der Waals surface area contributed by atoms with Gasteiger partial charge in [0.1, 0.15) is 18.2 Å². The standard InChI is InChI=1S/C19H25N5O2/c1-2-6-17(25)24-11-4-3-8-16(24)19(26)22-13-15-7-5-9-21-18(15)23-12-10-20-14-23/h5,7,9-10,12,14,16H,2-4,6,8,11,13H2,1H3,(H,22,26). The molecule has 2 amide bonds. The van der Waals surface area contributed by atoms with Gasteiger partial charge in [-0.2, -0.15) is 0 Å². The molecule has 7 heteroatoms. The van der Waals surface area contributed by atoms with Crippen LogP contribution in [0.5, 0.6) is 0 Å². The highest BCUT2D eigenvalue weighted by atomic mass is 16.2. The number of hydrogen-bond acceptors (Lipinski definition) is 4. The predicted molar refractivity (Wildman–Crippen MR) is 97.5 cm³/mol. The third kappa shape index (κ3) is 4.09. The number of likely N-dealkylation sites (tertiary alicyclic amines) is 1. The van der Waals surface area contributed by atoms with E-state index in [9.17, 15) is 9.59 Å². The maximum Gasteiger partial charge on any atom is 0.243 e. The molecule has 7 nitrogen and oxygen atoms in total. The molecular formula is C19H25N5O2. The topological polar surface area (TPSA) is 80.1 Å². The van der Waals surface area contributed by atoms with Gasteiger partial charge in [0.15, 0.2) is 0 Å². The first-order valence-corrected chi connectivity index (χ1v) is 9.20. The van der Waals surface area contributed by atoms with Crippen LogP contribution in [0.3, 0.4) is 0 Å². The molecule has 0 spiro atoms. The summed E-state index contributed by atoms with van der Waals surface area (Å²) in [6.45, 7) is 3.02. The molecule has 2 aromatic rings. The molecule has 1 fully saturated rings. The number of pyridine rings is 1. The van der Waals surface area contributed by atoms with Crippen molar-refractivity contribution in [3.8, 4) is 5.82 Å². The highest BCUT2D eigenvalue weighted by molar-refractivity contribution is 5.87. The van der Waals surface area contributed by atoms with Gasteiger partial charge in [0.25, 0.3) is 0 Å². The highest BCUT2D eigenvalue weighted by Gasteiger charge is 2.31. The van der Waals surface area contributed by atoms with Gasteiger partial charge in [-0.3, -0.25) is 14.2 Å². The minimum absolute atomic E-state index is 0.0767. The van der Waals surface area contributed by atoms with E-state index in [1.165, 1.54) is 0 Å². The number of amides is 2. The zero-order valence-corrected chi connectivity index (χ0v) is 15.1. The summed E-state index contributed by atoms with van der Waals surface area (Å²) in [5.74, 6) is 0.732. The van der Waals surface area contributed by atoms with Crippen LogP contribution in [-0.2, 0) is 16.1 Å². The minimum atomic E-state index is -0.365. The lowest BCUT2D eigenvalue weighted by Crippen LogP contribution is -2.51. The zero-order valence-electron chi connectivity index (χ0n) is 15.1. The molecule has 3 rings (SSSR count). The molecule has 1 saturated heterocycles. The van der Waals surface area contributed by atoms with Gasteiger partial charge in [0.2, 0.25) is 11.8 Å². The summed E-state index contributed by atoms with van der Waals surface area (Å²) >= 11 is 0. The number of hydrogen-bond donors (Lipinski definition) is 1. The Labute approximate surface area is 153 Å². The maximum absolute atomic E-state index is 12.7. The second kappa shape index (κ2) is 8.60. The van der Waals surface area contributed by atoms with Crippen molar-refractivity contribution in [2.45, 2.75) is 51.6 Å². The van der Waals surface area contributed by atoms with Gasteiger partial charge in [-0.05, 0) is 31.7 Å². The zero-order chi connectivity index (χ0) is 18.4. The van der Waals surface area contributed by atoms with E-state index < -0.39 is 0 Å². The normalized spacial score (nSPS) is 17.1. The number of aromatic nitrogens is 3. The van der Waals surface area contributed by atoms with Crippen LogP contribution in [-0.4, -0.2) is 43.8 Å². The molecule has 1 aliphatic rings. The molecule has 1 N–H and O–H groups in total. The van der Waals surface area contributed by atoms with Gasteiger partial charge in [0.05, 0.1) is 0 Å². The average Bonchev–Trinajstić information content (AvgIpc) is 3.21. The van der Waals surface area contributed by atoms with E-state index in [4.69, 9.17) is 0 Å². The Morgan fingerprint density at radius 3 is 2.96 bits per heavy atom. The van der Waals surface area contributed by atoms with Crippen LogP contribution in [0.15, 0.2) is 37.1 Å². The lowest BCUT2D eigenvalue weighted by atomic mass is 10.0. The highest BCUT2D eigenvalue weighted by Crippen LogP contribution is 2.19. The number of carbonyl (C=O) groups is 2. The summed E-state index contributed by atoms with van der Waals surface area (Å²) < 4.78 is 1.82. The van der Waals surface area contributed by atoms with Gasteiger partial charge < -0.3 is 10.2 Å². The first kappa shape index (κ1) is 18.1. The lowest BCUT2D eigenvalue weighted by Gasteiger charge is -2.34. The fourth-order valence-corrected chi connectivity index (χ4v) is 3.35. The number of imidazole rings is 1. The molecule has 26 heavy (non-hydrogen) atoms. The second-order valence-corrected chi connectivity index (χ2v) is 6.52. The van der Waals surface area contributed by atoms with E-state index in [2.05, 4.69) is 15.3 Å². The molecule has 3 heterocycles. The lowest BCUT2D eigenvalue weighted by molar-refractivity contribution is -0.142. The smallest absolute Gasteiger partial charge is 0.243 e. The third-order valence-electron chi connectivity index (χ3n) is 4.66. The van der Waals surface area contributed by atoms with Gasteiger partial charge in [-0.15, -0.1) is 0 Å². The van der Waals surface area contributed by atoms with Crippen LogP contribution in [0.1, 0.15) is 44.6 Å². The minimum Gasteiger partial charge on any atom is -0.350 e. The second-order valence-electron chi connectivity index (χ2n) is 6.52. The molecule has 0 saturated carbocycles. The molecule has 1 unspecified atom stereocenters. The number of nitrogens with one attached hydrogen (secondary N) is 1. The summed E-state index contributed by atoms with van der Waals surface area (Å²) in [7, 11) is 0. The Morgan fingerprint density at radius 2 is 2.19 bits per heavy atom. The summed E-state index contributed by atoms with van der Waals surface area (Å²) in [4.78, 5) is 35.3. The summed E-state index contributed by atoms with van der Waals surface area (Å²) in [6.07, 6.45) is 10.9. The molecule has 138 valence electrons. The van der Waals surface area contributed by atoms with Crippen LogP contribution in [0, 0.1) is 0 Å². The number of piperidine rings is 1. The fourth-order valence-electron chi connectivity index (χ4n) is 3.35. The SMILES string of the molecule is CCCC(=O)N1CCCCC1C(=O)NCc1cccnc1-n1ccnc1. The molecule has 1 atom stereocenters. The van der Waals surface area contributed by atoms with E-state index in [1.807, 2.05) is 29.8 Å². The Hall–Kier alpha value is -2.70. The van der Waals surface area contributed by atoms with Crippen LogP contribution >= 0.6 is 0 Å². The van der Waals surface area contributed by atoms with Gasteiger partial charge in [-0.1, -0.05) is 13.0 Å². The number of nitrogens with zero attached hydrogens (tertiary/aromatic N) is 4. The molecule has 0 aliphatic carbocycles. The van der Waals surface area contributed by atoms with Gasteiger partial charge in [0, 0.05) is 43.7 Å². The van der Waals surface area contributed by atoms with Crippen LogP contribution in [0.2, 0.25) is 0 Å². The van der Waals surface area contributed by atoms with Crippen molar-refractivity contribution < 1.29 is 9.59 Å². The fraction of sp³-hybridized carbons (Fsp3) is 0.474. The van der Waals surface area contributed by atoms with Crippen molar-refractivity contribution in [2.24, 2.45) is 0 Å². The van der Waals surface area contributed by atoms with E-state index in [-0.39, 0.29) is 17.9 Å². The summed E-state index contributed by atoms with van der Waals surface area (Å²) in [5, 5.41) is 2.99. The van der Waals surface area contributed by atoms with E-state index >= 15 is 0 Å². The Balaban J connectivity index is 1.68. The summed E-state index contributed by atoms with van der Waals surface area (Å²) in [5.41, 5.74) is 0.904. The van der Waals surface area contributed by atoms with Gasteiger partial charge >= 0.3 is 0 Å². The monoisotopic (exact) mass is 355 g/mol. The third-order valence-corrected chi connectivity index (χ3v) is 4.66. The van der Waals surface area contributed by atoms with Crippen molar-refractivity contribution in [3.63, 3.8) is 0 Å². The molecule has 0 radical (unpaired) electrons. The maximum atomic E-state index is 12.7. The molecule has 2 aromatic heterocycles. The van der Waals surface area contributed by atoms with E-state index in [1.54, 1.807) is 23.6 Å². The van der Waals surface area contributed by atoms with Crippen molar-refractivity contribution in [2.75, 3.05) is 6.54 Å². The van der Waals surface area contributed by atoms with Gasteiger partial charge in [-0.25, -0.2) is 9.97 Å². The van der Waals surface area contributed by atoms with Crippen molar-refractivity contribution >= 4 is 11.8 Å². The van der Waals surface area contributed by atoms with E-state index in [0.717, 1.165) is 37.1 Å². The number of rotatable bonds is 6. The first-order chi connectivity index (χ1) is 12.7. The molecule has 0 aromatic carbocycles. The molecule has 0 bridgehead atoms. The van der Waals surface area contributed by atoms with Crippen molar-refractivity contribution in [3.05, 3.63) is 42.6 Å².